The lowest BCUT2D eigenvalue weighted by Gasteiger charge is -2.42. The fraction of sp³-hybridized carbons (Fsp3) is 0.519. The molecule has 1 atom stereocenters. The van der Waals surface area contributed by atoms with Gasteiger partial charge in [0.15, 0.2) is 0 Å². The van der Waals surface area contributed by atoms with Gasteiger partial charge >= 0.3 is 0 Å². The van der Waals surface area contributed by atoms with Gasteiger partial charge in [0.25, 0.3) is 18.2 Å². The highest BCUT2D eigenvalue weighted by Crippen LogP contribution is 2.36. The third-order valence-corrected chi connectivity index (χ3v) is 8.72. The van der Waals surface area contributed by atoms with Crippen molar-refractivity contribution in [2.24, 2.45) is 5.92 Å². The Morgan fingerprint density at radius 1 is 1.18 bits per heavy atom. The van der Waals surface area contributed by atoms with Gasteiger partial charge in [0, 0.05) is 42.6 Å². The van der Waals surface area contributed by atoms with E-state index in [1.807, 2.05) is 0 Å². The molecule has 1 aliphatic heterocycles. The van der Waals surface area contributed by atoms with Gasteiger partial charge < -0.3 is 20.3 Å². The zero-order valence-electron chi connectivity index (χ0n) is 21.3. The van der Waals surface area contributed by atoms with Gasteiger partial charge in [0.1, 0.15) is 12.6 Å². The first-order chi connectivity index (χ1) is 18.8. The summed E-state index contributed by atoms with van der Waals surface area (Å²) in [6, 6.07) is 6.94. The van der Waals surface area contributed by atoms with Gasteiger partial charge in [-0.1, -0.05) is 18.0 Å². The van der Waals surface area contributed by atoms with Crippen molar-refractivity contribution in [3.05, 3.63) is 45.1 Å². The predicted molar refractivity (Wildman–Crippen MR) is 146 cm³/mol. The van der Waals surface area contributed by atoms with Crippen molar-refractivity contribution in [2.75, 3.05) is 43.1 Å². The lowest BCUT2D eigenvalue weighted by molar-refractivity contribution is -0.125. The van der Waals surface area contributed by atoms with E-state index in [9.17, 15) is 23.2 Å². The maximum absolute atomic E-state index is 14.1. The number of carbonyl (C=O) groups excluding carboxylic acids is 3. The number of hydrogen-bond acceptors (Lipinski definition) is 6. The van der Waals surface area contributed by atoms with Crippen molar-refractivity contribution >= 4 is 52.0 Å². The number of alkyl halides is 2. The summed E-state index contributed by atoms with van der Waals surface area (Å²) in [5.74, 6) is -0.603. The normalized spacial score (nSPS) is 18.8. The zero-order valence-corrected chi connectivity index (χ0v) is 22.9. The minimum absolute atomic E-state index is 0.0131. The van der Waals surface area contributed by atoms with Crippen molar-refractivity contribution in [2.45, 2.75) is 50.6 Å². The lowest BCUT2D eigenvalue weighted by atomic mass is 9.89. The Morgan fingerprint density at radius 2 is 1.97 bits per heavy atom. The van der Waals surface area contributed by atoms with E-state index in [4.69, 9.17) is 16.3 Å². The van der Waals surface area contributed by atoms with Gasteiger partial charge in [-0.15, -0.1) is 11.3 Å². The van der Waals surface area contributed by atoms with Crippen molar-refractivity contribution in [3.63, 3.8) is 0 Å². The van der Waals surface area contributed by atoms with E-state index in [1.165, 1.54) is 17.0 Å². The van der Waals surface area contributed by atoms with E-state index in [-0.39, 0.29) is 48.8 Å². The number of carbonyl (C=O) groups is 3. The van der Waals surface area contributed by atoms with Crippen molar-refractivity contribution in [1.29, 1.82) is 0 Å². The summed E-state index contributed by atoms with van der Waals surface area (Å²) in [4.78, 5) is 42.7. The molecule has 0 unspecified atom stereocenters. The van der Waals surface area contributed by atoms with Crippen LogP contribution in [0.3, 0.4) is 0 Å². The highest BCUT2D eigenvalue weighted by molar-refractivity contribution is 7.18. The van der Waals surface area contributed by atoms with Crippen LogP contribution < -0.4 is 15.5 Å². The van der Waals surface area contributed by atoms with Crippen LogP contribution in [0.25, 0.3) is 0 Å². The number of thiophene rings is 1. The van der Waals surface area contributed by atoms with Crippen LogP contribution in [0.5, 0.6) is 0 Å². The van der Waals surface area contributed by atoms with E-state index in [2.05, 4.69) is 15.5 Å². The molecule has 0 spiro atoms. The Labute approximate surface area is 234 Å². The van der Waals surface area contributed by atoms with Crippen LogP contribution in [0.15, 0.2) is 30.3 Å². The number of halogens is 3. The molecule has 12 heteroatoms. The van der Waals surface area contributed by atoms with E-state index in [0.717, 1.165) is 50.0 Å². The quantitative estimate of drug-likeness (QED) is 0.402. The number of hydrogen-bond donors (Lipinski definition) is 2. The molecule has 2 N–H and O–H groups in total. The van der Waals surface area contributed by atoms with Crippen LogP contribution in [-0.4, -0.2) is 67.6 Å². The second-order valence-electron chi connectivity index (χ2n) is 10.2. The highest BCUT2D eigenvalue weighted by Gasteiger charge is 2.38. The molecule has 0 radical (unpaired) electrons. The summed E-state index contributed by atoms with van der Waals surface area (Å²) in [5, 5.41) is 5.58. The number of amides is 3. The van der Waals surface area contributed by atoms with Crippen LogP contribution >= 0.6 is 22.9 Å². The van der Waals surface area contributed by atoms with Gasteiger partial charge in [0.2, 0.25) is 5.91 Å². The zero-order chi connectivity index (χ0) is 27.5. The van der Waals surface area contributed by atoms with Crippen molar-refractivity contribution in [1.82, 2.24) is 10.2 Å². The first kappa shape index (κ1) is 27.9. The predicted octanol–water partition coefficient (Wildman–Crippen LogP) is 4.70. The fourth-order valence-corrected chi connectivity index (χ4v) is 5.90. The standard InChI is InChI=1S/C27H31ClF2N4O4S/c28-23-9-8-22(39-23)27(37)31-13-21(34(14-16-4-5-16)17-2-1-3-17)26(36)32-20-7-6-18(12-19(20)25(29)30)33-10-11-38-15-24(33)35/h6-9,12,16-17,21,25H,1-5,10-11,13-15H2,(H,31,37)(H,32,36)/t21-/m1/s1. The van der Waals surface area contributed by atoms with E-state index < -0.39 is 18.4 Å². The monoisotopic (exact) mass is 580 g/mol. The number of ether oxygens (including phenoxy) is 1. The van der Waals surface area contributed by atoms with Gasteiger partial charge in [-0.2, -0.15) is 0 Å². The number of benzene rings is 1. The molecule has 0 bridgehead atoms. The smallest absolute Gasteiger partial charge is 0.265 e. The van der Waals surface area contributed by atoms with Crippen molar-refractivity contribution < 1.29 is 27.9 Å². The molecule has 3 fully saturated rings. The van der Waals surface area contributed by atoms with Crippen LogP contribution in [-0.2, 0) is 14.3 Å². The second-order valence-corrected chi connectivity index (χ2v) is 11.9. The number of anilines is 2. The Bertz CT molecular complexity index is 1220. The molecule has 2 heterocycles. The molecular formula is C27H31ClF2N4O4S. The van der Waals surface area contributed by atoms with Gasteiger partial charge in [0.05, 0.1) is 15.8 Å². The lowest BCUT2D eigenvalue weighted by Crippen LogP contribution is -2.56. The minimum Gasteiger partial charge on any atom is -0.370 e. The number of nitrogens with zero attached hydrogens (tertiary/aromatic N) is 2. The topological polar surface area (TPSA) is 91.0 Å². The van der Waals surface area contributed by atoms with Gasteiger partial charge in [-0.05, 0) is 61.9 Å². The summed E-state index contributed by atoms with van der Waals surface area (Å²) >= 11 is 7.12. The maximum Gasteiger partial charge on any atom is 0.265 e. The Morgan fingerprint density at radius 3 is 2.59 bits per heavy atom. The first-order valence-electron chi connectivity index (χ1n) is 13.2. The number of rotatable bonds is 11. The molecule has 39 heavy (non-hydrogen) atoms. The number of morpholine rings is 1. The summed E-state index contributed by atoms with van der Waals surface area (Å²) in [7, 11) is 0. The average molecular weight is 581 g/mol. The molecule has 1 aromatic carbocycles. The van der Waals surface area contributed by atoms with E-state index >= 15 is 0 Å². The molecule has 8 nitrogen and oxygen atoms in total. The highest BCUT2D eigenvalue weighted by atomic mass is 35.5. The molecule has 210 valence electrons. The second kappa shape index (κ2) is 12.3. The van der Waals surface area contributed by atoms with Crippen molar-refractivity contribution in [3.8, 4) is 0 Å². The van der Waals surface area contributed by atoms with Crippen LogP contribution in [0.1, 0.15) is 53.8 Å². The Hall–Kier alpha value is -2.60. The Balaban J connectivity index is 1.37. The fourth-order valence-electron chi connectivity index (χ4n) is 4.94. The van der Waals surface area contributed by atoms with Gasteiger partial charge in [-0.25, -0.2) is 8.78 Å². The summed E-state index contributed by atoms with van der Waals surface area (Å²) in [6.07, 6.45) is 2.29. The van der Waals surface area contributed by atoms with Crippen LogP contribution in [0.2, 0.25) is 4.34 Å². The van der Waals surface area contributed by atoms with Crippen LogP contribution in [0, 0.1) is 5.92 Å². The van der Waals surface area contributed by atoms with E-state index in [1.54, 1.807) is 18.2 Å². The molecule has 2 aliphatic carbocycles. The average Bonchev–Trinajstić information content (AvgIpc) is 3.59. The molecule has 3 amide bonds. The molecule has 1 saturated heterocycles. The minimum atomic E-state index is -2.87. The first-order valence-corrected chi connectivity index (χ1v) is 14.4. The Kier molecular flexibility index (Phi) is 8.80. The van der Waals surface area contributed by atoms with E-state index in [0.29, 0.717) is 27.4 Å². The maximum atomic E-state index is 14.1. The third-order valence-electron chi connectivity index (χ3n) is 7.49. The molecule has 2 aromatic rings. The third kappa shape index (κ3) is 6.77. The molecule has 2 saturated carbocycles. The summed E-state index contributed by atoms with van der Waals surface area (Å²) in [5.41, 5.74) is -0.0470. The molecule has 3 aliphatic rings. The van der Waals surface area contributed by atoms with Gasteiger partial charge in [-0.3, -0.25) is 19.3 Å². The molecular weight excluding hydrogens is 550 g/mol. The SMILES string of the molecule is O=C(NC[C@H](C(=O)Nc1ccc(N2CCOCC2=O)cc1C(F)F)N(CC1CC1)C1CCC1)c1ccc(Cl)s1. The largest absolute Gasteiger partial charge is 0.370 e. The molecule has 1 aromatic heterocycles. The number of nitrogens with one attached hydrogen (secondary N) is 2. The summed E-state index contributed by atoms with van der Waals surface area (Å²) in [6.45, 7) is 1.24. The summed E-state index contributed by atoms with van der Waals surface area (Å²) < 4.78 is 33.9. The van der Waals surface area contributed by atoms with Crippen LogP contribution in [0.4, 0.5) is 20.2 Å². The molecule has 5 rings (SSSR count).